The van der Waals surface area contributed by atoms with E-state index in [1.165, 1.54) is 11.0 Å². The standard InChI is InChI=1S/C11H14N4O4/c12-3-4-13-9-2-1-8(7-10(9)15(17)18)14-5-6-19-11(14)16/h1-2,7,13H,3-6,12H2. The van der Waals surface area contributed by atoms with Crippen molar-refractivity contribution in [3.63, 3.8) is 0 Å². The van der Waals surface area contributed by atoms with Gasteiger partial charge in [-0.1, -0.05) is 0 Å². The van der Waals surface area contributed by atoms with Gasteiger partial charge in [-0.15, -0.1) is 0 Å². The zero-order valence-electron chi connectivity index (χ0n) is 10.2. The molecule has 0 spiro atoms. The molecule has 8 heteroatoms. The van der Waals surface area contributed by atoms with Crippen molar-refractivity contribution in [1.82, 2.24) is 0 Å². The lowest BCUT2D eigenvalue weighted by atomic mass is 10.2. The first kappa shape index (κ1) is 13.1. The summed E-state index contributed by atoms with van der Waals surface area (Å²) in [5, 5.41) is 13.9. The Kier molecular flexibility index (Phi) is 3.81. The molecule has 0 unspecified atom stereocenters. The van der Waals surface area contributed by atoms with Gasteiger partial charge in [-0.3, -0.25) is 15.0 Å². The van der Waals surface area contributed by atoms with Gasteiger partial charge in [0, 0.05) is 19.2 Å². The molecule has 3 N–H and O–H groups in total. The van der Waals surface area contributed by atoms with Gasteiger partial charge in [-0.05, 0) is 12.1 Å². The van der Waals surface area contributed by atoms with E-state index in [0.29, 0.717) is 37.6 Å². The number of hydrogen-bond acceptors (Lipinski definition) is 6. The number of amides is 1. The van der Waals surface area contributed by atoms with Crippen LogP contribution in [0.1, 0.15) is 0 Å². The third-order valence-corrected chi connectivity index (χ3v) is 2.71. The SMILES string of the molecule is NCCNc1ccc(N2CCOC2=O)cc1[N+](=O)[O-]. The highest BCUT2D eigenvalue weighted by molar-refractivity contribution is 5.90. The Balaban J connectivity index is 2.30. The van der Waals surface area contributed by atoms with Crippen molar-refractivity contribution in [2.24, 2.45) is 5.73 Å². The van der Waals surface area contributed by atoms with Crippen molar-refractivity contribution >= 4 is 23.2 Å². The molecule has 0 radical (unpaired) electrons. The van der Waals surface area contributed by atoms with E-state index in [-0.39, 0.29) is 5.69 Å². The first-order valence-electron chi connectivity index (χ1n) is 5.80. The van der Waals surface area contributed by atoms with Crippen LogP contribution in [0.3, 0.4) is 0 Å². The Morgan fingerprint density at radius 3 is 2.89 bits per heavy atom. The van der Waals surface area contributed by atoms with Crippen LogP contribution in [-0.4, -0.2) is 37.3 Å². The average molecular weight is 266 g/mol. The summed E-state index contributed by atoms with van der Waals surface area (Å²) >= 11 is 0. The van der Waals surface area contributed by atoms with Gasteiger partial charge in [0.05, 0.1) is 17.2 Å². The van der Waals surface area contributed by atoms with Crippen LogP contribution >= 0.6 is 0 Å². The third-order valence-electron chi connectivity index (χ3n) is 2.71. The van der Waals surface area contributed by atoms with Crippen molar-refractivity contribution in [2.45, 2.75) is 0 Å². The molecule has 0 atom stereocenters. The Hall–Kier alpha value is -2.35. The monoisotopic (exact) mass is 266 g/mol. The van der Waals surface area contributed by atoms with E-state index in [9.17, 15) is 14.9 Å². The number of nitro benzene ring substituents is 1. The fourth-order valence-electron chi connectivity index (χ4n) is 1.82. The van der Waals surface area contributed by atoms with Crippen LogP contribution in [0.15, 0.2) is 18.2 Å². The first-order chi connectivity index (χ1) is 9.13. The van der Waals surface area contributed by atoms with E-state index in [2.05, 4.69) is 5.32 Å². The van der Waals surface area contributed by atoms with Crippen LogP contribution in [0.5, 0.6) is 0 Å². The first-order valence-corrected chi connectivity index (χ1v) is 5.80. The van der Waals surface area contributed by atoms with Crippen LogP contribution in [0.25, 0.3) is 0 Å². The summed E-state index contributed by atoms with van der Waals surface area (Å²) in [6.07, 6.45) is -0.489. The second-order valence-electron chi connectivity index (χ2n) is 3.94. The molecule has 1 heterocycles. The summed E-state index contributed by atoms with van der Waals surface area (Å²) in [7, 11) is 0. The van der Waals surface area contributed by atoms with Gasteiger partial charge in [0.15, 0.2) is 0 Å². The molecule has 1 fully saturated rings. The lowest BCUT2D eigenvalue weighted by molar-refractivity contribution is -0.383. The van der Waals surface area contributed by atoms with Crippen LogP contribution in [0.2, 0.25) is 0 Å². The Morgan fingerprint density at radius 2 is 2.32 bits per heavy atom. The van der Waals surface area contributed by atoms with E-state index in [1.54, 1.807) is 12.1 Å². The minimum atomic E-state index is -0.496. The van der Waals surface area contributed by atoms with E-state index >= 15 is 0 Å². The molecule has 1 aliphatic rings. The smallest absolute Gasteiger partial charge is 0.414 e. The van der Waals surface area contributed by atoms with Crippen molar-refractivity contribution in [3.8, 4) is 0 Å². The predicted molar refractivity (Wildman–Crippen MR) is 69.3 cm³/mol. The zero-order chi connectivity index (χ0) is 13.8. The maximum atomic E-state index is 11.4. The predicted octanol–water partition coefficient (Wildman–Crippen LogP) is 0.922. The van der Waals surface area contributed by atoms with E-state index < -0.39 is 11.0 Å². The molecular weight excluding hydrogens is 252 g/mol. The number of ether oxygens (including phenoxy) is 1. The molecule has 1 saturated heterocycles. The van der Waals surface area contributed by atoms with Gasteiger partial charge >= 0.3 is 6.09 Å². The summed E-state index contributed by atoms with van der Waals surface area (Å²) in [6.45, 7) is 1.49. The number of hydrogen-bond donors (Lipinski definition) is 2. The number of nitro groups is 1. The number of nitrogens with two attached hydrogens (primary N) is 1. The van der Waals surface area contributed by atoms with Gasteiger partial charge in [0.1, 0.15) is 12.3 Å². The number of anilines is 2. The summed E-state index contributed by atoms with van der Waals surface area (Å²) in [6, 6.07) is 4.55. The lowest BCUT2D eigenvalue weighted by Gasteiger charge is -2.14. The normalized spacial score (nSPS) is 14.4. The van der Waals surface area contributed by atoms with E-state index in [4.69, 9.17) is 10.5 Å². The quantitative estimate of drug-likeness (QED) is 0.605. The topological polar surface area (TPSA) is 111 Å². The van der Waals surface area contributed by atoms with Crippen molar-refractivity contribution < 1.29 is 14.5 Å². The van der Waals surface area contributed by atoms with Crippen molar-refractivity contribution in [2.75, 3.05) is 36.5 Å². The Morgan fingerprint density at radius 1 is 1.53 bits per heavy atom. The molecular formula is C11H14N4O4. The third kappa shape index (κ3) is 2.74. The minimum Gasteiger partial charge on any atom is -0.447 e. The zero-order valence-corrected chi connectivity index (χ0v) is 10.2. The lowest BCUT2D eigenvalue weighted by Crippen LogP contribution is -2.23. The summed E-state index contributed by atoms with van der Waals surface area (Å²) in [5.41, 5.74) is 6.09. The fraction of sp³-hybridized carbons (Fsp3) is 0.364. The Labute approximate surface area is 109 Å². The molecule has 0 saturated carbocycles. The molecule has 0 aromatic heterocycles. The molecule has 1 aliphatic heterocycles. The van der Waals surface area contributed by atoms with Crippen LogP contribution < -0.4 is 16.0 Å². The molecule has 8 nitrogen and oxygen atoms in total. The summed E-state index contributed by atoms with van der Waals surface area (Å²) < 4.78 is 4.80. The van der Waals surface area contributed by atoms with E-state index in [0.717, 1.165) is 0 Å². The van der Waals surface area contributed by atoms with E-state index in [1.807, 2.05) is 0 Å². The maximum Gasteiger partial charge on any atom is 0.414 e. The number of nitrogens with one attached hydrogen (secondary N) is 1. The second-order valence-corrected chi connectivity index (χ2v) is 3.94. The highest BCUT2D eigenvalue weighted by Crippen LogP contribution is 2.30. The molecule has 0 bridgehead atoms. The summed E-state index contributed by atoms with van der Waals surface area (Å²) in [4.78, 5) is 23.3. The number of rotatable bonds is 5. The van der Waals surface area contributed by atoms with Gasteiger partial charge in [0.2, 0.25) is 0 Å². The average Bonchev–Trinajstić information content (AvgIpc) is 2.82. The summed E-state index contributed by atoms with van der Waals surface area (Å²) in [5.74, 6) is 0. The maximum absolute atomic E-state index is 11.4. The Bertz CT molecular complexity index is 505. The molecule has 19 heavy (non-hydrogen) atoms. The number of carbonyl (C=O) groups excluding carboxylic acids is 1. The highest BCUT2D eigenvalue weighted by Gasteiger charge is 2.26. The number of carbonyl (C=O) groups is 1. The number of nitrogens with zero attached hydrogens (tertiary/aromatic N) is 2. The van der Waals surface area contributed by atoms with Crippen molar-refractivity contribution in [1.29, 1.82) is 0 Å². The second kappa shape index (κ2) is 5.53. The largest absolute Gasteiger partial charge is 0.447 e. The molecule has 2 rings (SSSR count). The molecule has 1 aromatic rings. The molecule has 1 aromatic carbocycles. The highest BCUT2D eigenvalue weighted by atomic mass is 16.6. The van der Waals surface area contributed by atoms with Crippen LogP contribution in [0.4, 0.5) is 21.9 Å². The minimum absolute atomic E-state index is 0.0920. The molecule has 102 valence electrons. The number of cyclic esters (lactones) is 1. The van der Waals surface area contributed by atoms with Gasteiger partial charge in [-0.25, -0.2) is 4.79 Å². The van der Waals surface area contributed by atoms with Gasteiger partial charge in [0.25, 0.3) is 5.69 Å². The molecule has 1 amide bonds. The molecule has 0 aliphatic carbocycles. The van der Waals surface area contributed by atoms with Gasteiger partial charge < -0.3 is 15.8 Å². The van der Waals surface area contributed by atoms with Crippen molar-refractivity contribution in [3.05, 3.63) is 28.3 Å². The van der Waals surface area contributed by atoms with Crippen LogP contribution in [-0.2, 0) is 4.74 Å². The van der Waals surface area contributed by atoms with Gasteiger partial charge in [-0.2, -0.15) is 0 Å². The fourth-order valence-corrected chi connectivity index (χ4v) is 1.82. The van der Waals surface area contributed by atoms with Crippen LogP contribution in [0, 0.1) is 10.1 Å². The number of benzene rings is 1.